The Morgan fingerprint density at radius 1 is 1.29 bits per heavy atom. The van der Waals surface area contributed by atoms with E-state index in [0.717, 1.165) is 25.8 Å². The quantitative estimate of drug-likeness (QED) is 0.686. The van der Waals surface area contributed by atoms with Crippen LogP contribution in [-0.2, 0) is 4.79 Å². The summed E-state index contributed by atoms with van der Waals surface area (Å²) in [6.07, 6.45) is 9.31. The van der Waals surface area contributed by atoms with Crippen molar-refractivity contribution in [2.45, 2.75) is 78.2 Å². The van der Waals surface area contributed by atoms with Crippen LogP contribution < -0.4 is 0 Å². The molecule has 0 bridgehead atoms. The van der Waals surface area contributed by atoms with Crippen LogP contribution in [-0.4, -0.2) is 23.4 Å². The second kappa shape index (κ2) is 7.73. The van der Waals surface area contributed by atoms with Gasteiger partial charge in [-0.3, -0.25) is 4.79 Å². The number of nitrogens with zero attached hydrogens (tertiary/aromatic N) is 1. The molecule has 0 aromatic rings. The van der Waals surface area contributed by atoms with Crippen LogP contribution in [0.25, 0.3) is 0 Å². The van der Waals surface area contributed by atoms with Gasteiger partial charge in [0.25, 0.3) is 0 Å². The molecule has 1 aliphatic rings. The minimum Gasteiger partial charge on any atom is -0.339 e. The fourth-order valence-corrected chi connectivity index (χ4v) is 2.90. The molecule has 0 aromatic heterocycles. The maximum atomic E-state index is 12.5. The largest absolute Gasteiger partial charge is 0.339 e. The van der Waals surface area contributed by atoms with Crippen LogP contribution in [0.15, 0.2) is 0 Å². The minimum atomic E-state index is 0.280. The second-order valence-corrected chi connectivity index (χ2v) is 5.34. The molecule has 0 spiro atoms. The zero-order valence-electron chi connectivity index (χ0n) is 11.9. The molecule has 1 aliphatic heterocycles. The van der Waals surface area contributed by atoms with Crippen molar-refractivity contribution in [2.24, 2.45) is 5.92 Å². The van der Waals surface area contributed by atoms with Gasteiger partial charge in [0.2, 0.25) is 5.91 Å². The molecule has 100 valence electrons. The van der Waals surface area contributed by atoms with Gasteiger partial charge in [0, 0.05) is 18.5 Å². The molecule has 2 heteroatoms. The average molecular weight is 239 g/mol. The normalized spacial score (nSPS) is 22.5. The fourth-order valence-electron chi connectivity index (χ4n) is 2.90. The van der Waals surface area contributed by atoms with Gasteiger partial charge in [0.05, 0.1) is 0 Å². The number of carbonyl (C=O) groups excluding carboxylic acids is 1. The van der Waals surface area contributed by atoms with Gasteiger partial charge in [-0.05, 0) is 38.5 Å². The van der Waals surface area contributed by atoms with E-state index < -0.39 is 0 Å². The first-order valence-corrected chi connectivity index (χ1v) is 7.55. The van der Waals surface area contributed by atoms with Gasteiger partial charge in [-0.1, -0.05) is 33.6 Å². The Labute approximate surface area is 107 Å². The highest BCUT2D eigenvalue weighted by Crippen LogP contribution is 2.24. The first kappa shape index (κ1) is 14.5. The van der Waals surface area contributed by atoms with Crippen molar-refractivity contribution >= 4 is 5.91 Å². The summed E-state index contributed by atoms with van der Waals surface area (Å²) in [6.45, 7) is 7.57. The second-order valence-electron chi connectivity index (χ2n) is 5.34. The highest BCUT2D eigenvalue weighted by atomic mass is 16.2. The molecular weight excluding hydrogens is 210 g/mol. The first-order chi connectivity index (χ1) is 8.24. The fraction of sp³-hybridized carbons (Fsp3) is 0.933. The minimum absolute atomic E-state index is 0.280. The smallest absolute Gasteiger partial charge is 0.225 e. The lowest BCUT2D eigenvalue weighted by molar-refractivity contribution is -0.139. The molecule has 0 saturated carbocycles. The van der Waals surface area contributed by atoms with Crippen LogP contribution in [0.1, 0.15) is 72.1 Å². The number of amides is 1. The van der Waals surface area contributed by atoms with Gasteiger partial charge < -0.3 is 4.90 Å². The van der Waals surface area contributed by atoms with E-state index in [1.807, 2.05) is 0 Å². The molecule has 1 saturated heterocycles. The number of rotatable bonds is 6. The van der Waals surface area contributed by atoms with Gasteiger partial charge in [0.15, 0.2) is 0 Å². The maximum Gasteiger partial charge on any atom is 0.225 e. The Hall–Kier alpha value is -0.530. The maximum absolute atomic E-state index is 12.5. The summed E-state index contributed by atoms with van der Waals surface area (Å²) in [5.74, 6) is 0.717. The summed E-state index contributed by atoms with van der Waals surface area (Å²) in [6, 6.07) is 0.520. The van der Waals surface area contributed by atoms with E-state index in [2.05, 4.69) is 25.7 Å². The summed E-state index contributed by atoms with van der Waals surface area (Å²) in [5, 5.41) is 0. The van der Waals surface area contributed by atoms with E-state index in [-0.39, 0.29) is 5.92 Å². The zero-order valence-corrected chi connectivity index (χ0v) is 11.9. The summed E-state index contributed by atoms with van der Waals surface area (Å²) in [4.78, 5) is 14.7. The lowest BCUT2D eigenvalue weighted by atomic mass is 9.93. The van der Waals surface area contributed by atoms with Crippen molar-refractivity contribution in [3.8, 4) is 0 Å². The molecule has 0 N–H and O–H groups in total. The van der Waals surface area contributed by atoms with Crippen LogP contribution in [0, 0.1) is 5.92 Å². The molecule has 17 heavy (non-hydrogen) atoms. The van der Waals surface area contributed by atoms with E-state index in [1.54, 1.807) is 0 Å². The third-order valence-corrected chi connectivity index (χ3v) is 4.13. The molecule has 1 amide bonds. The molecule has 1 rings (SSSR count). The molecular formula is C15H29NO. The SMILES string of the molecule is CCCCC(CC)C(=O)N1CCCCC1CC. The number of likely N-dealkylation sites (tertiary alicyclic amines) is 1. The predicted octanol–water partition coefficient (Wildman–Crippen LogP) is 3.99. The molecule has 1 heterocycles. The molecule has 0 radical (unpaired) electrons. The van der Waals surface area contributed by atoms with Crippen LogP contribution in [0.5, 0.6) is 0 Å². The molecule has 2 nitrogen and oxygen atoms in total. The van der Waals surface area contributed by atoms with Gasteiger partial charge in [-0.2, -0.15) is 0 Å². The van der Waals surface area contributed by atoms with Gasteiger partial charge in [-0.15, -0.1) is 0 Å². The lowest BCUT2D eigenvalue weighted by Crippen LogP contribution is -2.46. The topological polar surface area (TPSA) is 20.3 Å². The first-order valence-electron chi connectivity index (χ1n) is 7.55. The molecule has 0 aromatic carbocycles. The van der Waals surface area contributed by atoms with Crippen molar-refractivity contribution in [1.82, 2.24) is 4.90 Å². The van der Waals surface area contributed by atoms with Crippen LogP contribution in [0.3, 0.4) is 0 Å². The van der Waals surface area contributed by atoms with Gasteiger partial charge in [0.1, 0.15) is 0 Å². The molecule has 0 aliphatic carbocycles. The third kappa shape index (κ3) is 4.01. The number of unbranched alkanes of at least 4 members (excludes halogenated alkanes) is 1. The summed E-state index contributed by atoms with van der Waals surface area (Å²) >= 11 is 0. The van der Waals surface area contributed by atoms with Crippen LogP contribution in [0.2, 0.25) is 0 Å². The van der Waals surface area contributed by atoms with E-state index in [1.165, 1.54) is 32.1 Å². The van der Waals surface area contributed by atoms with E-state index in [9.17, 15) is 4.79 Å². The lowest BCUT2D eigenvalue weighted by Gasteiger charge is -2.37. The van der Waals surface area contributed by atoms with Crippen LogP contribution in [0.4, 0.5) is 0 Å². The Morgan fingerprint density at radius 2 is 2.06 bits per heavy atom. The van der Waals surface area contributed by atoms with E-state index in [0.29, 0.717) is 11.9 Å². The monoisotopic (exact) mass is 239 g/mol. The van der Waals surface area contributed by atoms with Crippen molar-refractivity contribution in [3.05, 3.63) is 0 Å². The molecule has 1 fully saturated rings. The van der Waals surface area contributed by atoms with Crippen molar-refractivity contribution in [2.75, 3.05) is 6.54 Å². The summed E-state index contributed by atoms with van der Waals surface area (Å²) < 4.78 is 0. The Balaban J connectivity index is 2.57. The summed E-state index contributed by atoms with van der Waals surface area (Å²) in [7, 11) is 0. The summed E-state index contributed by atoms with van der Waals surface area (Å²) in [5.41, 5.74) is 0. The predicted molar refractivity (Wildman–Crippen MR) is 72.9 cm³/mol. The Bertz CT molecular complexity index is 227. The van der Waals surface area contributed by atoms with Gasteiger partial charge in [-0.25, -0.2) is 0 Å². The van der Waals surface area contributed by atoms with Crippen molar-refractivity contribution < 1.29 is 4.79 Å². The van der Waals surface area contributed by atoms with Crippen molar-refractivity contribution in [3.63, 3.8) is 0 Å². The highest BCUT2D eigenvalue weighted by molar-refractivity contribution is 5.79. The van der Waals surface area contributed by atoms with Crippen molar-refractivity contribution in [1.29, 1.82) is 0 Å². The zero-order chi connectivity index (χ0) is 12.7. The molecule has 2 atom stereocenters. The third-order valence-electron chi connectivity index (χ3n) is 4.13. The number of hydrogen-bond acceptors (Lipinski definition) is 1. The van der Waals surface area contributed by atoms with Gasteiger partial charge >= 0.3 is 0 Å². The highest BCUT2D eigenvalue weighted by Gasteiger charge is 2.29. The Morgan fingerprint density at radius 3 is 2.65 bits per heavy atom. The van der Waals surface area contributed by atoms with E-state index >= 15 is 0 Å². The van der Waals surface area contributed by atoms with Crippen LogP contribution >= 0.6 is 0 Å². The Kier molecular flexibility index (Phi) is 6.61. The number of hydrogen-bond donors (Lipinski definition) is 0. The molecule has 2 unspecified atom stereocenters. The number of carbonyl (C=O) groups is 1. The standard InChI is InChI=1S/C15H29NO/c1-4-7-10-13(5-2)15(17)16-12-9-8-11-14(16)6-3/h13-14H,4-12H2,1-3H3. The van der Waals surface area contributed by atoms with E-state index in [4.69, 9.17) is 0 Å². The number of piperidine rings is 1. The average Bonchev–Trinajstić information content (AvgIpc) is 2.39.